The van der Waals surface area contributed by atoms with Crippen molar-refractivity contribution in [2.45, 2.75) is 10.1 Å². The zero-order chi connectivity index (χ0) is 27.3. The summed E-state index contributed by atoms with van der Waals surface area (Å²) in [5.41, 5.74) is 5.98. The van der Waals surface area contributed by atoms with Gasteiger partial charge in [-0.05, 0) is 47.0 Å². The Hall–Kier alpha value is -3.98. The number of aromatic nitrogens is 1. The lowest BCUT2D eigenvalue weighted by molar-refractivity contribution is 0.0302. The number of benzene rings is 4. The van der Waals surface area contributed by atoms with E-state index in [-0.39, 0.29) is 11.8 Å². The van der Waals surface area contributed by atoms with Crippen LogP contribution in [0.1, 0.15) is 26.3 Å². The van der Waals surface area contributed by atoms with Crippen LogP contribution in [0.15, 0.2) is 101 Å². The van der Waals surface area contributed by atoms with Crippen molar-refractivity contribution in [3.8, 4) is 11.1 Å². The number of rotatable bonds is 7. The van der Waals surface area contributed by atoms with Gasteiger partial charge in [-0.1, -0.05) is 78.5 Å². The number of hydrogen-bond acceptors (Lipinski definition) is 6. The molecular weight excluding hydrogens is 539 g/mol. The van der Waals surface area contributed by atoms with Crippen molar-refractivity contribution in [1.82, 2.24) is 9.88 Å². The highest BCUT2D eigenvalue weighted by Crippen LogP contribution is 2.33. The highest BCUT2D eigenvalue weighted by atomic mass is 32.2. The monoisotopic (exact) mass is 565 g/mol. The lowest BCUT2D eigenvalue weighted by Gasteiger charge is -2.27. The van der Waals surface area contributed by atoms with E-state index < -0.39 is 0 Å². The van der Waals surface area contributed by atoms with Crippen molar-refractivity contribution in [3.63, 3.8) is 0 Å². The highest BCUT2D eigenvalue weighted by molar-refractivity contribution is 8.00. The maximum Gasteiger partial charge on any atom is 0.256 e. The number of carbonyl (C=O) groups is 2. The molecule has 0 spiro atoms. The van der Waals surface area contributed by atoms with Crippen LogP contribution in [0.2, 0.25) is 0 Å². The van der Waals surface area contributed by atoms with Crippen molar-refractivity contribution in [2.75, 3.05) is 31.6 Å². The molecule has 40 heavy (non-hydrogen) atoms. The van der Waals surface area contributed by atoms with Crippen LogP contribution in [0.3, 0.4) is 0 Å². The summed E-state index contributed by atoms with van der Waals surface area (Å²) in [6, 6.07) is 31.7. The number of amides is 2. The van der Waals surface area contributed by atoms with Crippen molar-refractivity contribution in [1.29, 1.82) is 0 Å². The molecular formula is C32H27N3O3S2. The molecule has 1 N–H and O–H groups in total. The molecule has 5 aromatic rings. The molecule has 0 radical (unpaired) electrons. The number of ether oxygens (including phenoxy) is 1. The molecule has 1 aliphatic heterocycles. The molecule has 0 atom stereocenters. The lowest BCUT2D eigenvalue weighted by Crippen LogP contribution is -2.41. The first-order valence-corrected chi connectivity index (χ1v) is 14.9. The lowest BCUT2D eigenvalue weighted by atomic mass is 10.0. The number of thiazole rings is 1. The second-order valence-corrected chi connectivity index (χ2v) is 11.7. The summed E-state index contributed by atoms with van der Waals surface area (Å²) in [6.45, 7) is 2.07. The summed E-state index contributed by atoms with van der Waals surface area (Å²) >= 11 is 3.31. The van der Waals surface area contributed by atoms with Crippen LogP contribution in [0.25, 0.3) is 21.3 Å². The van der Waals surface area contributed by atoms with Gasteiger partial charge < -0.3 is 15.0 Å². The summed E-state index contributed by atoms with van der Waals surface area (Å²) < 4.78 is 7.33. The quantitative estimate of drug-likeness (QED) is 0.216. The van der Waals surface area contributed by atoms with E-state index in [1.807, 2.05) is 24.3 Å². The predicted octanol–water partition coefficient (Wildman–Crippen LogP) is 6.98. The highest BCUT2D eigenvalue weighted by Gasteiger charge is 2.23. The predicted molar refractivity (Wildman–Crippen MR) is 162 cm³/mol. The fraction of sp³-hybridized carbons (Fsp3) is 0.156. The molecule has 4 aromatic carbocycles. The summed E-state index contributed by atoms with van der Waals surface area (Å²) in [5.74, 6) is 0.366. The maximum absolute atomic E-state index is 13.2. The van der Waals surface area contributed by atoms with Crippen LogP contribution in [0, 0.1) is 0 Å². The van der Waals surface area contributed by atoms with Crippen LogP contribution < -0.4 is 5.32 Å². The molecule has 1 saturated heterocycles. The molecule has 2 amide bonds. The van der Waals surface area contributed by atoms with Gasteiger partial charge in [0.2, 0.25) is 0 Å². The molecule has 1 aromatic heterocycles. The van der Waals surface area contributed by atoms with Gasteiger partial charge in [-0.2, -0.15) is 0 Å². The Kier molecular flexibility index (Phi) is 7.90. The Morgan fingerprint density at radius 1 is 0.850 bits per heavy atom. The minimum Gasteiger partial charge on any atom is -0.378 e. The van der Waals surface area contributed by atoms with E-state index in [1.165, 1.54) is 16.7 Å². The topological polar surface area (TPSA) is 71.5 Å². The molecule has 0 saturated carbocycles. The Morgan fingerprint density at radius 3 is 2.33 bits per heavy atom. The molecule has 0 bridgehead atoms. The Balaban J connectivity index is 1.12. The van der Waals surface area contributed by atoms with E-state index in [2.05, 4.69) is 53.8 Å². The average molecular weight is 566 g/mol. The Bertz CT molecular complexity index is 1650. The zero-order valence-corrected chi connectivity index (χ0v) is 23.3. The number of nitrogens with zero attached hydrogens (tertiary/aromatic N) is 2. The first-order valence-electron chi connectivity index (χ1n) is 13.1. The third kappa shape index (κ3) is 5.94. The second kappa shape index (κ2) is 12.0. The molecule has 1 fully saturated rings. The fourth-order valence-corrected chi connectivity index (χ4v) is 6.68. The van der Waals surface area contributed by atoms with E-state index in [0.717, 1.165) is 20.3 Å². The molecule has 0 aliphatic carbocycles. The van der Waals surface area contributed by atoms with Crippen molar-refractivity contribution in [3.05, 3.63) is 114 Å². The van der Waals surface area contributed by atoms with Crippen LogP contribution >= 0.6 is 23.1 Å². The first-order chi connectivity index (χ1) is 19.6. The SMILES string of the molecule is O=C(Nc1ccc2nc(SCc3ccc(-c4ccccc4)cc3)sc2c1)c1ccccc1C(=O)N1CCOCC1. The Labute approximate surface area is 241 Å². The molecule has 6 rings (SSSR count). The summed E-state index contributed by atoms with van der Waals surface area (Å²) in [4.78, 5) is 32.8. The van der Waals surface area contributed by atoms with Gasteiger partial charge in [-0.25, -0.2) is 4.98 Å². The van der Waals surface area contributed by atoms with E-state index in [4.69, 9.17) is 9.72 Å². The van der Waals surface area contributed by atoms with Gasteiger partial charge in [0.05, 0.1) is 34.6 Å². The molecule has 0 unspecified atom stereocenters. The Morgan fingerprint density at radius 2 is 1.55 bits per heavy atom. The smallest absolute Gasteiger partial charge is 0.256 e. The van der Waals surface area contributed by atoms with Crippen LogP contribution in [0.4, 0.5) is 5.69 Å². The standard InChI is InChI=1S/C32H27N3O3S2/c36-30(26-8-4-5-9-27(26)31(37)35-16-18-38-19-17-35)33-25-14-15-28-29(20-25)40-32(34-28)39-21-22-10-12-24(13-11-22)23-6-2-1-3-7-23/h1-15,20H,16-19,21H2,(H,33,36). The van der Waals surface area contributed by atoms with Gasteiger partial charge in [0.25, 0.3) is 11.8 Å². The maximum atomic E-state index is 13.2. The van der Waals surface area contributed by atoms with Gasteiger partial charge >= 0.3 is 0 Å². The largest absolute Gasteiger partial charge is 0.378 e. The van der Waals surface area contributed by atoms with Gasteiger partial charge in [0.15, 0.2) is 4.34 Å². The molecule has 1 aliphatic rings. The number of thioether (sulfide) groups is 1. The van der Waals surface area contributed by atoms with Crippen LogP contribution in [-0.2, 0) is 10.5 Å². The second-order valence-electron chi connectivity index (χ2n) is 9.42. The van der Waals surface area contributed by atoms with Gasteiger partial charge in [-0.3, -0.25) is 9.59 Å². The van der Waals surface area contributed by atoms with Gasteiger partial charge in [-0.15, -0.1) is 11.3 Å². The summed E-state index contributed by atoms with van der Waals surface area (Å²) in [7, 11) is 0. The average Bonchev–Trinajstić information content (AvgIpc) is 3.43. The zero-order valence-electron chi connectivity index (χ0n) is 21.7. The number of anilines is 1. The number of morpholine rings is 1. The molecule has 200 valence electrons. The van der Waals surface area contributed by atoms with Crippen LogP contribution in [-0.4, -0.2) is 48.0 Å². The summed E-state index contributed by atoms with van der Waals surface area (Å²) in [6.07, 6.45) is 0. The third-order valence-electron chi connectivity index (χ3n) is 6.75. The first kappa shape index (κ1) is 26.3. The van der Waals surface area contributed by atoms with Gasteiger partial charge in [0.1, 0.15) is 0 Å². The normalized spacial score (nSPS) is 13.3. The van der Waals surface area contributed by atoms with E-state index in [0.29, 0.717) is 43.1 Å². The third-order valence-corrected chi connectivity index (χ3v) is 8.98. The number of carbonyl (C=O) groups excluding carboxylic acids is 2. The minimum atomic E-state index is -0.311. The molecule has 6 nitrogen and oxygen atoms in total. The van der Waals surface area contributed by atoms with E-state index >= 15 is 0 Å². The summed E-state index contributed by atoms with van der Waals surface area (Å²) in [5, 5.41) is 2.97. The van der Waals surface area contributed by atoms with Crippen LogP contribution in [0.5, 0.6) is 0 Å². The van der Waals surface area contributed by atoms with Crippen molar-refractivity contribution < 1.29 is 14.3 Å². The van der Waals surface area contributed by atoms with E-state index in [9.17, 15) is 9.59 Å². The number of hydrogen-bond donors (Lipinski definition) is 1. The number of nitrogens with one attached hydrogen (secondary N) is 1. The number of fused-ring (bicyclic) bond motifs is 1. The van der Waals surface area contributed by atoms with Gasteiger partial charge in [0, 0.05) is 24.5 Å². The molecule has 2 heterocycles. The fourth-order valence-electron chi connectivity index (χ4n) is 4.61. The van der Waals surface area contributed by atoms with Crippen molar-refractivity contribution in [2.24, 2.45) is 0 Å². The van der Waals surface area contributed by atoms with Crippen molar-refractivity contribution >= 4 is 50.8 Å². The minimum absolute atomic E-state index is 0.150. The molecule has 8 heteroatoms. The van der Waals surface area contributed by atoms with E-state index in [1.54, 1.807) is 52.3 Å².